The van der Waals surface area contributed by atoms with Crippen molar-refractivity contribution in [3.63, 3.8) is 0 Å². The number of rotatable bonds is 5. The van der Waals surface area contributed by atoms with Gasteiger partial charge in [-0.25, -0.2) is 9.18 Å². The summed E-state index contributed by atoms with van der Waals surface area (Å²) in [5, 5.41) is 7.46. The van der Waals surface area contributed by atoms with Crippen LogP contribution in [0.3, 0.4) is 0 Å². The van der Waals surface area contributed by atoms with Crippen molar-refractivity contribution in [3.8, 4) is 11.4 Å². The molecule has 0 saturated carbocycles. The van der Waals surface area contributed by atoms with Crippen LogP contribution in [-0.4, -0.2) is 19.8 Å². The maximum atomic E-state index is 13.6. The largest absolute Gasteiger partial charge is 0.488 e. The van der Waals surface area contributed by atoms with Gasteiger partial charge in [0, 0.05) is 18.7 Å². The van der Waals surface area contributed by atoms with Gasteiger partial charge in [0.2, 0.25) is 0 Å². The van der Waals surface area contributed by atoms with Gasteiger partial charge in [-0.15, -0.1) is 0 Å². The summed E-state index contributed by atoms with van der Waals surface area (Å²) in [5.41, 5.74) is -0.0557. The first-order chi connectivity index (χ1) is 13.6. The fourth-order valence-electron chi connectivity index (χ4n) is 2.95. The molecule has 0 aliphatic heterocycles. The molecular formula is C19H18F4N4O2. The molecule has 29 heavy (non-hydrogen) atoms. The number of aromatic nitrogens is 4. The van der Waals surface area contributed by atoms with Gasteiger partial charge in [0.1, 0.15) is 18.2 Å². The SMILES string of the molecule is CC(C)c1cccc(-n2nnn(C)c2=O)c1COc1cc(F)ccc1C(F)(F)F. The number of alkyl halides is 3. The minimum absolute atomic E-state index is 0.0180. The minimum Gasteiger partial charge on any atom is -0.488 e. The van der Waals surface area contributed by atoms with Crippen LogP contribution < -0.4 is 10.4 Å². The third kappa shape index (κ3) is 4.15. The van der Waals surface area contributed by atoms with Gasteiger partial charge in [0.15, 0.2) is 0 Å². The predicted molar refractivity (Wildman–Crippen MR) is 96.4 cm³/mol. The highest BCUT2D eigenvalue weighted by molar-refractivity contribution is 5.47. The first-order valence-corrected chi connectivity index (χ1v) is 8.70. The molecule has 1 heterocycles. The lowest BCUT2D eigenvalue weighted by atomic mass is 9.96. The number of hydrogen-bond donors (Lipinski definition) is 0. The molecule has 10 heteroatoms. The summed E-state index contributed by atoms with van der Waals surface area (Å²) < 4.78 is 60.8. The molecule has 154 valence electrons. The molecule has 0 radical (unpaired) electrons. The maximum Gasteiger partial charge on any atom is 0.419 e. The van der Waals surface area contributed by atoms with Crippen LogP contribution in [0.15, 0.2) is 41.2 Å². The lowest BCUT2D eigenvalue weighted by Crippen LogP contribution is -2.23. The summed E-state index contributed by atoms with van der Waals surface area (Å²) in [5.74, 6) is -1.50. The van der Waals surface area contributed by atoms with Crippen molar-refractivity contribution in [1.82, 2.24) is 19.8 Å². The van der Waals surface area contributed by atoms with Crippen molar-refractivity contribution in [2.45, 2.75) is 32.5 Å². The zero-order chi connectivity index (χ0) is 21.3. The highest BCUT2D eigenvalue weighted by atomic mass is 19.4. The van der Waals surface area contributed by atoms with Gasteiger partial charge in [-0.3, -0.25) is 0 Å². The Hall–Kier alpha value is -3.17. The monoisotopic (exact) mass is 410 g/mol. The van der Waals surface area contributed by atoms with Gasteiger partial charge in [0.05, 0.1) is 11.3 Å². The van der Waals surface area contributed by atoms with Gasteiger partial charge in [-0.1, -0.05) is 26.0 Å². The Kier molecular flexibility index (Phi) is 5.45. The van der Waals surface area contributed by atoms with Crippen LogP contribution in [0.2, 0.25) is 0 Å². The Morgan fingerprint density at radius 3 is 2.45 bits per heavy atom. The van der Waals surface area contributed by atoms with E-state index in [2.05, 4.69) is 10.4 Å². The van der Waals surface area contributed by atoms with Crippen molar-refractivity contribution in [2.75, 3.05) is 0 Å². The normalized spacial score (nSPS) is 11.9. The molecule has 0 N–H and O–H groups in total. The number of aryl methyl sites for hydroxylation is 1. The average molecular weight is 410 g/mol. The molecular weight excluding hydrogens is 392 g/mol. The molecule has 0 atom stereocenters. The number of hydrogen-bond acceptors (Lipinski definition) is 4. The van der Waals surface area contributed by atoms with Crippen LogP contribution in [0.1, 0.15) is 36.5 Å². The van der Waals surface area contributed by atoms with Crippen LogP contribution in [0.5, 0.6) is 5.75 Å². The van der Waals surface area contributed by atoms with E-state index in [4.69, 9.17) is 4.74 Å². The Balaban J connectivity index is 2.07. The molecule has 0 aliphatic carbocycles. The van der Waals surface area contributed by atoms with Crippen LogP contribution in [0.4, 0.5) is 17.6 Å². The van der Waals surface area contributed by atoms with Crippen molar-refractivity contribution in [1.29, 1.82) is 0 Å². The number of benzene rings is 2. The van der Waals surface area contributed by atoms with Crippen molar-refractivity contribution < 1.29 is 22.3 Å². The van der Waals surface area contributed by atoms with E-state index in [9.17, 15) is 22.4 Å². The Bertz CT molecular complexity index is 1090. The fraction of sp³-hybridized carbons (Fsp3) is 0.316. The minimum atomic E-state index is -4.70. The van der Waals surface area contributed by atoms with Crippen molar-refractivity contribution >= 4 is 0 Å². The van der Waals surface area contributed by atoms with Crippen LogP contribution >= 0.6 is 0 Å². The van der Waals surface area contributed by atoms with Gasteiger partial charge < -0.3 is 4.74 Å². The second kappa shape index (κ2) is 7.69. The molecule has 0 spiro atoms. The Labute approximate surface area is 163 Å². The number of ether oxygens (including phenoxy) is 1. The summed E-state index contributed by atoms with van der Waals surface area (Å²) in [6.07, 6.45) is -4.70. The summed E-state index contributed by atoms with van der Waals surface area (Å²) in [6.45, 7) is 3.47. The van der Waals surface area contributed by atoms with E-state index in [1.54, 1.807) is 18.2 Å². The van der Waals surface area contributed by atoms with Gasteiger partial charge in [-0.2, -0.15) is 22.5 Å². The topological polar surface area (TPSA) is 61.9 Å². The standard InChI is InChI=1S/C19H18F4N4O2/c1-11(2)13-5-4-6-16(27-18(28)26(3)24-25-27)14(13)10-29-17-9-12(20)7-8-15(17)19(21,22)23/h4-9,11H,10H2,1-3H3. The Morgan fingerprint density at radius 1 is 1.14 bits per heavy atom. The second-order valence-corrected chi connectivity index (χ2v) is 6.72. The van der Waals surface area contributed by atoms with Crippen molar-refractivity contribution in [3.05, 3.63) is 69.4 Å². The first-order valence-electron chi connectivity index (χ1n) is 8.70. The Morgan fingerprint density at radius 2 is 1.86 bits per heavy atom. The third-order valence-corrected chi connectivity index (χ3v) is 4.38. The average Bonchev–Trinajstić information content (AvgIpc) is 2.97. The van der Waals surface area contributed by atoms with E-state index >= 15 is 0 Å². The molecule has 0 fully saturated rings. The van der Waals surface area contributed by atoms with Gasteiger partial charge in [0.25, 0.3) is 0 Å². The molecule has 3 rings (SSSR count). The number of nitrogens with zero attached hydrogens (tertiary/aromatic N) is 4. The second-order valence-electron chi connectivity index (χ2n) is 6.72. The molecule has 3 aromatic rings. The quantitative estimate of drug-likeness (QED) is 0.600. The molecule has 0 unspecified atom stereocenters. The lowest BCUT2D eigenvalue weighted by molar-refractivity contribution is -0.139. The molecule has 6 nitrogen and oxygen atoms in total. The summed E-state index contributed by atoms with van der Waals surface area (Å²) in [7, 11) is 1.43. The van der Waals surface area contributed by atoms with Gasteiger partial charge >= 0.3 is 11.9 Å². The highest BCUT2D eigenvalue weighted by Crippen LogP contribution is 2.37. The van der Waals surface area contributed by atoms with Gasteiger partial charge in [-0.05, 0) is 40.1 Å². The van der Waals surface area contributed by atoms with Crippen LogP contribution in [-0.2, 0) is 19.8 Å². The van der Waals surface area contributed by atoms with E-state index in [1.807, 2.05) is 13.8 Å². The molecule has 2 aromatic carbocycles. The van der Waals surface area contributed by atoms with E-state index in [0.29, 0.717) is 23.4 Å². The summed E-state index contributed by atoms with van der Waals surface area (Å²) in [6, 6.07) is 7.13. The number of tetrazole rings is 1. The lowest BCUT2D eigenvalue weighted by Gasteiger charge is -2.19. The van der Waals surface area contributed by atoms with E-state index in [0.717, 1.165) is 21.0 Å². The smallest absolute Gasteiger partial charge is 0.419 e. The highest BCUT2D eigenvalue weighted by Gasteiger charge is 2.34. The van der Waals surface area contributed by atoms with E-state index in [-0.39, 0.29) is 12.5 Å². The van der Waals surface area contributed by atoms with Crippen molar-refractivity contribution in [2.24, 2.45) is 7.05 Å². The molecule has 1 aromatic heterocycles. The zero-order valence-corrected chi connectivity index (χ0v) is 15.9. The number of halogens is 4. The molecule has 0 amide bonds. The predicted octanol–water partition coefficient (Wildman–Crippen LogP) is 3.83. The molecule has 0 aliphatic rings. The third-order valence-electron chi connectivity index (χ3n) is 4.38. The molecule has 0 bridgehead atoms. The molecule has 0 saturated heterocycles. The fourth-order valence-corrected chi connectivity index (χ4v) is 2.95. The first kappa shape index (κ1) is 20.6. The maximum absolute atomic E-state index is 13.6. The van der Waals surface area contributed by atoms with Crippen LogP contribution in [0, 0.1) is 5.82 Å². The summed E-state index contributed by atoms with van der Waals surface area (Å²) >= 11 is 0. The zero-order valence-electron chi connectivity index (χ0n) is 15.9. The van der Waals surface area contributed by atoms with E-state index in [1.165, 1.54) is 7.05 Å². The van der Waals surface area contributed by atoms with Crippen LogP contribution in [0.25, 0.3) is 5.69 Å². The summed E-state index contributed by atoms with van der Waals surface area (Å²) in [4.78, 5) is 12.3. The van der Waals surface area contributed by atoms with E-state index < -0.39 is 29.0 Å².